The molecule has 35 heteroatoms. The molecule has 0 fully saturated rings. The summed E-state index contributed by atoms with van der Waals surface area (Å²) in [5, 5.41) is 8.37. The predicted octanol–water partition coefficient (Wildman–Crippen LogP) is 3.14. The van der Waals surface area contributed by atoms with E-state index in [1.165, 1.54) is 107 Å². The van der Waals surface area contributed by atoms with E-state index >= 15 is 0 Å². The lowest BCUT2D eigenvalue weighted by molar-refractivity contribution is -0.165. The first-order valence-electron chi connectivity index (χ1n) is 29.2. The molecule has 6 atom stereocenters. The maximum Gasteiger partial charge on any atom is 0.335 e. The average Bonchev–Trinajstić information content (AvgIpc) is 2.72. The topological polar surface area (TPSA) is 444 Å². The van der Waals surface area contributed by atoms with Gasteiger partial charge in [0, 0.05) is 49.8 Å². The molecule has 1 N–H and O–H groups in total. The number of hydrogen-bond donors (Lipinski definition) is 1. The van der Waals surface area contributed by atoms with Crippen LogP contribution in [0.4, 0.5) is 0 Å². The molecule has 0 saturated heterocycles. The van der Waals surface area contributed by atoms with Gasteiger partial charge in [0.25, 0.3) is 0 Å². The van der Waals surface area contributed by atoms with Crippen molar-refractivity contribution in [3.8, 4) is 0 Å². The van der Waals surface area contributed by atoms with Gasteiger partial charge in [-0.25, -0.2) is 14.4 Å². The molecule has 0 aromatic heterocycles. The standard InChI is InChI=1S/2C10H18O5.2C9H16O5.2C8H14O5.C7H12O5/c1-10(2,3)15-8(11)6-7(13-4)9(12)14-5;1-7(2)15-10(12)6-8(13-3)5-9(11)14-4;1-6(2)14-8(10)5-7(12-3)9(11)13-4;1-4-14-9(11)6-7(12-2)5-8(10)13-3;1-11-6(4-7(9)12-2)5-8(10)13-3;1-4-13-7(9)5-6(11-2)8(10)12-3;1-11-5(3-6(8)9)4-7(10)12-2/h7H,6H2,1-5H3;7-8H,5-6H2,1-4H3;6-7H,5H2,1-4H3;7H,4-6H2,1-3H3;2*6H,4-5H2,1-3H3;5H,3-4H2,1-2H3,(H,8,9). The molecule has 0 rings (SSSR count). The second-order valence-corrected chi connectivity index (χ2v) is 20.0. The van der Waals surface area contributed by atoms with Gasteiger partial charge in [0.05, 0.1) is 177 Å². The molecule has 0 heterocycles. The van der Waals surface area contributed by atoms with Crippen molar-refractivity contribution in [3.05, 3.63) is 0 Å². The van der Waals surface area contributed by atoms with Gasteiger partial charge in [-0.1, -0.05) is 0 Å². The minimum Gasteiger partial charge on any atom is -0.481 e. The van der Waals surface area contributed by atoms with Crippen molar-refractivity contribution in [1.82, 2.24) is 0 Å². The van der Waals surface area contributed by atoms with Gasteiger partial charge in [-0.3, -0.25) is 52.7 Å². The van der Waals surface area contributed by atoms with Crippen LogP contribution in [0.15, 0.2) is 0 Å². The van der Waals surface area contributed by atoms with Gasteiger partial charge in [-0.15, -0.1) is 0 Å². The zero-order valence-corrected chi connectivity index (χ0v) is 60.2. The predicted molar refractivity (Wildman–Crippen MR) is 332 cm³/mol. The summed E-state index contributed by atoms with van der Waals surface area (Å²) in [4.78, 5) is 153. The molecule has 96 heavy (non-hydrogen) atoms. The quantitative estimate of drug-likeness (QED) is 0.0695. The number of carbonyl (C=O) groups is 14. The molecule has 562 valence electrons. The summed E-state index contributed by atoms with van der Waals surface area (Å²) in [6, 6.07) is 0. The second-order valence-electron chi connectivity index (χ2n) is 20.0. The van der Waals surface area contributed by atoms with Gasteiger partial charge in [0.1, 0.15) is 5.60 Å². The minimum absolute atomic E-state index is 0.0285. The fraction of sp³-hybridized carbons (Fsp3) is 0.770. The summed E-state index contributed by atoms with van der Waals surface area (Å²) in [7, 11) is 19.8. The normalized spacial score (nSPS) is 12.0. The van der Waals surface area contributed by atoms with Crippen LogP contribution in [0, 0.1) is 0 Å². The number of carboxylic acids is 1. The lowest BCUT2D eigenvalue weighted by Crippen LogP contribution is -2.31. The third-order valence-corrected chi connectivity index (χ3v) is 10.7. The molecule has 0 aromatic rings. The van der Waals surface area contributed by atoms with E-state index in [-0.39, 0.29) is 101 Å². The largest absolute Gasteiger partial charge is 0.481 e. The van der Waals surface area contributed by atoms with Gasteiger partial charge < -0.3 is 99.8 Å². The molecule has 35 nitrogen and oxygen atoms in total. The molecule has 0 amide bonds. The van der Waals surface area contributed by atoms with E-state index in [9.17, 15) is 67.1 Å². The van der Waals surface area contributed by atoms with Crippen LogP contribution >= 0.6 is 0 Å². The van der Waals surface area contributed by atoms with E-state index in [1.807, 2.05) is 0 Å². The molecule has 0 aromatic carbocycles. The van der Waals surface area contributed by atoms with E-state index in [4.69, 9.17) is 57.2 Å². The Hall–Kier alpha value is -7.70. The van der Waals surface area contributed by atoms with E-state index in [2.05, 4.69) is 42.6 Å². The van der Waals surface area contributed by atoms with Crippen LogP contribution < -0.4 is 0 Å². The van der Waals surface area contributed by atoms with Crippen molar-refractivity contribution >= 4 is 83.6 Å². The monoisotopic (exact) mass is 1400 g/mol. The molecular formula is C61H108O35. The molecule has 0 saturated carbocycles. The number of ether oxygens (including phenoxy) is 20. The maximum absolute atomic E-state index is 11.3. The Labute approximate surface area is 562 Å². The molecule has 0 radical (unpaired) electrons. The Morgan fingerprint density at radius 1 is 0.292 bits per heavy atom. The van der Waals surface area contributed by atoms with E-state index < -0.39 is 120 Å². The van der Waals surface area contributed by atoms with Gasteiger partial charge >= 0.3 is 83.6 Å². The van der Waals surface area contributed by atoms with E-state index in [0.29, 0.717) is 6.61 Å². The number of methoxy groups -OCH3 is 15. The summed E-state index contributed by atoms with van der Waals surface area (Å²) < 4.78 is 93.5. The van der Waals surface area contributed by atoms with E-state index in [1.54, 1.807) is 62.3 Å². The zero-order valence-electron chi connectivity index (χ0n) is 60.2. The molecule has 6 unspecified atom stereocenters. The van der Waals surface area contributed by atoms with Crippen LogP contribution in [-0.4, -0.2) is 269 Å². The highest BCUT2D eigenvalue weighted by molar-refractivity contribution is 5.83. The summed E-state index contributed by atoms with van der Waals surface area (Å²) in [5.41, 5.74) is -0.564. The molecule has 0 aliphatic rings. The number of hydrogen-bond acceptors (Lipinski definition) is 34. The minimum atomic E-state index is -0.995. The Bertz CT molecular complexity index is 2170. The summed E-state index contributed by atoms with van der Waals surface area (Å²) >= 11 is 0. The second kappa shape index (κ2) is 64.6. The fourth-order valence-corrected chi connectivity index (χ4v) is 5.95. The Kier molecular flexibility index (Phi) is 68.5. The highest BCUT2D eigenvalue weighted by Crippen LogP contribution is 2.12. The van der Waals surface area contributed by atoms with Crippen LogP contribution in [0.5, 0.6) is 0 Å². The Morgan fingerprint density at radius 2 is 0.510 bits per heavy atom. The van der Waals surface area contributed by atoms with Crippen molar-refractivity contribution in [3.63, 3.8) is 0 Å². The van der Waals surface area contributed by atoms with Crippen molar-refractivity contribution in [2.75, 3.05) is 120 Å². The molecule has 0 aliphatic heterocycles. The highest BCUT2D eigenvalue weighted by atomic mass is 16.6. The average molecular weight is 1400 g/mol. The van der Waals surface area contributed by atoms with Gasteiger partial charge in [-0.2, -0.15) is 0 Å². The van der Waals surface area contributed by atoms with Gasteiger partial charge in [-0.05, 0) is 62.3 Å². The summed E-state index contributed by atoms with van der Waals surface area (Å²) in [6.45, 7) is 16.3. The van der Waals surface area contributed by atoms with E-state index in [0.717, 1.165) is 0 Å². The highest BCUT2D eigenvalue weighted by Gasteiger charge is 2.28. The lowest BCUT2D eigenvalue weighted by Gasteiger charge is -2.20. The Balaban J connectivity index is -0.000000193. The number of carbonyl (C=O) groups excluding carboxylic acids is 13. The molecular weight excluding hydrogens is 1290 g/mol. The number of rotatable bonds is 36. The van der Waals surface area contributed by atoms with Crippen molar-refractivity contribution in [2.45, 2.75) is 193 Å². The number of carboxylic acid groups (broad SMARTS) is 1. The van der Waals surface area contributed by atoms with Gasteiger partial charge in [0.15, 0.2) is 18.3 Å². The van der Waals surface area contributed by atoms with Gasteiger partial charge in [0.2, 0.25) is 0 Å². The van der Waals surface area contributed by atoms with Crippen molar-refractivity contribution in [2.24, 2.45) is 0 Å². The SMILES string of the molecule is CCOC(=O)CC(CC(=O)OC)OC.CCOC(=O)CC(OC)C(=O)OC.COC(=O)C(CC(=O)OC(C)(C)C)OC.COC(=O)C(CC(=O)OC(C)C)OC.COC(=O)CC(CC(=O)O)OC.COC(=O)CC(CC(=O)OC(C)C)OC.COC(=O)CC(CC(=O)OC)OC. The molecule has 0 bridgehead atoms. The molecule has 0 spiro atoms. The van der Waals surface area contributed by atoms with Crippen LogP contribution in [0.25, 0.3) is 0 Å². The van der Waals surface area contributed by atoms with Crippen LogP contribution in [0.2, 0.25) is 0 Å². The Morgan fingerprint density at radius 3 is 0.719 bits per heavy atom. The zero-order chi connectivity index (χ0) is 76.1. The maximum atomic E-state index is 11.3. The van der Waals surface area contributed by atoms with Crippen LogP contribution in [-0.2, 0) is 162 Å². The van der Waals surface area contributed by atoms with Crippen LogP contribution in [0.3, 0.4) is 0 Å². The third kappa shape index (κ3) is 66.3. The van der Waals surface area contributed by atoms with Crippen LogP contribution in [0.1, 0.15) is 133 Å². The first kappa shape index (κ1) is 102. The molecule has 0 aliphatic carbocycles. The van der Waals surface area contributed by atoms with Crippen molar-refractivity contribution < 1.29 is 167 Å². The summed E-state index contributed by atoms with van der Waals surface area (Å²) in [6.07, 6.45) is -5.27. The fourth-order valence-electron chi connectivity index (χ4n) is 5.95. The smallest absolute Gasteiger partial charge is 0.335 e. The number of aliphatic carboxylic acids is 1. The first-order valence-corrected chi connectivity index (χ1v) is 29.2. The van der Waals surface area contributed by atoms with Crippen molar-refractivity contribution in [1.29, 1.82) is 0 Å². The lowest BCUT2D eigenvalue weighted by atomic mass is 10.2. The number of esters is 13. The first-order chi connectivity index (χ1) is 44.8. The summed E-state index contributed by atoms with van der Waals surface area (Å²) in [5.74, 6) is -6.99. The third-order valence-electron chi connectivity index (χ3n) is 10.7.